The molecule has 0 saturated heterocycles. The maximum absolute atomic E-state index is 12.7. The minimum Gasteiger partial charge on any atom is -0.466 e. The maximum Gasteiger partial charge on any atom is 0.315 e. The molecule has 0 amide bonds. The normalized spacial score (nSPS) is 30.0. The number of carbonyl (C=O) groups is 2. The summed E-state index contributed by atoms with van der Waals surface area (Å²) in [6.07, 6.45) is -0.139. The Morgan fingerprint density at radius 1 is 1.15 bits per heavy atom. The molecule has 1 aliphatic rings. The maximum atomic E-state index is 12.7. The van der Waals surface area contributed by atoms with Gasteiger partial charge in [-0.2, -0.15) is 0 Å². The highest BCUT2D eigenvalue weighted by atomic mass is 16.5. The van der Waals surface area contributed by atoms with Crippen LogP contribution in [0.25, 0.3) is 0 Å². The first kappa shape index (κ1) is 19.9. The molecule has 2 rings (SSSR count). The summed E-state index contributed by atoms with van der Waals surface area (Å²) in [6.45, 7) is 5.13. The molecule has 0 bridgehead atoms. The Bertz CT molecular complexity index is 670. The summed E-state index contributed by atoms with van der Waals surface area (Å²) in [5.74, 6) is -3.97. The zero-order valence-corrected chi connectivity index (χ0v) is 15.2. The Morgan fingerprint density at radius 3 is 2.27 bits per heavy atom. The minimum atomic E-state index is -1.54. The standard InChI is InChI=1S/C19H25NO6/c1-4-25-17(21)15-13(20-24)11-19(3,23)16(18(22)26-5-2)14(15)12-9-7-6-8-10-12/h6-10,14-16,23-24H,4-5,11H2,1-3H3/b20-13+. The molecule has 7 nitrogen and oxygen atoms in total. The molecule has 142 valence electrons. The van der Waals surface area contributed by atoms with Crippen molar-refractivity contribution in [2.75, 3.05) is 13.2 Å². The molecule has 26 heavy (non-hydrogen) atoms. The number of esters is 2. The molecule has 0 radical (unpaired) electrons. The van der Waals surface area contributed by atoms with Crippen molar-refractivity contribution in [3.05, 3.63) is 35.9 Å². The van der Waals surface area contributed by atoms with Gasteiger partial charge in [0.15, 0.2) is 0 Å². The van der Waals surface area contributed by atoms with Crippen molar-refractivity contribution >= 4 is 17.7 Å². The minimum absolute atomic E-state index is 0.0860. The van der Waals surface area contributed by atoms with Gasteiger partial charge in [0.1, 0.15) is 5.92 Å². The molecule has 0 aliphatic heterocycles. The van der Waals surface area contributed by atoms with E-state index in [-0.39, 0.29) is 25.3 Å². The van der Waals surface area contributed by atoms with E-state index >= 15 is 0 Å². The lowest BCUT2D eigenvalue weighted by Gasteiger charge is -2.44. The van der Waals surface area contributed by atoms with Crippen LogP contribution in [0.1, 0.15) is 38.7 Å². The van der Waals surface area contributed by atoms with E-state index in [1.807, 2.05) is 6.07 Å². The second-order valence-electron chi connectivity index (χ2n) is 6.52. The number of ether oxygens (including phenoxy) is 2. The molecule has 1 fully saturated rings. The van der Waals surface area contributed by atoms with E-state index in [9.17, 15) is 19.9 Å². The van der Waals surface area contributed by atoms with E-state index in [0.29, 0.717) is 5.56 Å². The highest BCUT2D eigenvalue weighted by Gasteiger charge is 2.56. The zero-order valence-electron chi connectivity index (χ0n) is 15.2. The lowest BCUT2D eigenvalue weighted by molar-refractivity contribution is -0.163. The van der Waals surface area contributed by atoms with E-state index in [1.54, 1.807) is 38.1 Å². The molecule has 4 unspecified atom stereocenters. The van der Waals surface area contributed by atoms with Gasteiger partial charge in [-0.1, -0.05) is 35.5 Å². The molecule has 1 aliphatic carbocycles. The third kappa shape index (κ3) is 3.88. The molecule has 1 aromatic rings. The summed E-state index contributed by atoms with van der Waals surface area (Å²) in [7, 11) is 0. The van der Waals surface area contributed by atoms with Crippen molar-refractivity contribution in [3.63, 3.8) is 0 Å². The number of hydrogen-bond acceptors (Lipinski definition) is 7. The van der Waals surface area contributed by atoms with E-state index < -0.39 is 35.3 Å². The van der Waals surface area contributed by atoms with E-state index in [1.165, 1.54) is 6.92 Å². The Labute approximate surface area is 152 Å². The fourth-order valence-corrected chi connectivity index (χ4v) is 3.68. The van der Waals surface area contributed by atoms with Crippen molar-refractivity contribution in [1.29, 1.82) is 0 Å². The number of rotatable bonds is 5. The first-order valence-electron chi connectivity index (χ1n) is 8.68. The number of hydrogen-bond donors (Lipinski definition) is 2. The molecule has 4 atom stereocenters. The summed E-state index contributed by atoms with van der Waals surface area (Å²) < 4.78 is 10.3. The molecule has 0 aromatic heterocycles. The monoisotopic (exact) mass is 363 g/mol. The Kier molecular flexibility index (Phi) is 6.37. The lowest BCUT2D eigenvalue weighted by atomic mass is 9.61. The summed E-state index contributed by atoms with van der Waals surface area (Å²) >= 11 is 0. The van der Waals surface area contributed by atoms with Crippen LogP contribution in [0.4, 0.5) is 0 Å². The van der Waals surface area contributed by atoms with Crippen LogP contribution >= 0.6 is 0 Å². The first-order valence-corrected chi connectivity index (χ1v) is 8.68. The average Bonchev–Trinajstić information content (AvgIpc) is 2.61. The fraction of sp³-hybridized carbons (Fsp3) is 0.526. The fourth-order valence-electron chi connectivity index (χ4n) is 3.68. The second-order valence-corrected chi connectivity index (χ2v) is 6.52. The van der Waals surface area contributed by atoms with Gasteiger partial charge in [-0.05, 0) is 26.3 Å². The van der Waals surface area contributed by atoms with Gasteiger partial charge in [0.05, 0.1) is 30.4 Å². The third-order valence-corrected chi connectivity index (χ3v) is 4.68. The molecule has 2 N–H and O–H groups in total. The van der Waals surface area contributed by atoms with Crippen LogP contribution in [0.15, 0.2) is 35.5 Å². The molecule has 0 heterocycles. The zero-order chi connectivity index (χ0) is 19.3. The third-order valence-electron chi connectivity index (χ3n) is 4.68. The summed E-state index contributed by atoms with van der Waals surface area (Å²) in [4.78, 5) is 25.3. The lowest BCUT2D eigenvalue weighted by Crippen LogP contribution is -2.55. The van der Waals surface area contributed by atoms with Gasteiger partial charge in [-0.3, -0.25) is 9.59 Å². The first-order chi connectivity index (χ1) is 12.4. The van der Waals surface area contributed by atoms with Crippen LogP contribution in [0, 0.1) is 11.8 Å². The number of carbonyl (C=O) groups excluding carboxylic acids is 2. The van der Waals surface area contributed by atoms with Crippen molar-refractivity contribution < 1.29 is 29.4 Å². The number of aliphatic hydroxyl groups is 1. The number of benzene rings is 1. The highest BCUT2D eigenvalue weighted by Crippen LogP contribution is 2.47. The summed E-state index contributed by atoms with van der Waals surface area (Å²) in [5.41, 5.74) is -0.801. The number of oxime groups is 1. The van der Waals surface area contributed by atoms with Gasteiger partial charge in [0.2, 0.25) is 0 Å². The Morgan fingerprint density at radius 2 is 1.73 bits per heavy atom. The Hall–Kier alpha value is -2.41. The Balaban J connectivity index is 2.63. The van der Waals surface area contributed by atoms with Gasteiger partial charge < -0.3 is 19.8 Å². The molecule has 1 aromatic carbocycles. The SMILES string of the molecule is CCOC(=O)C1/C(=N/O)CC(C)(O)C(C(=O)OCC)C1c1ccccc1. The van der Waals surface area contributed by atoms with Crippen LogP contribution in [0.3, 0.4) is 0 Å². The highest BCUT2D eigenvalue weighted by molar-refractivity contribution is 6.05. The van der Waals surface area contributed by atoms with Crippen molar-refractivity contribution in [2.24, 2.45) is 17.0 Å². The van der Waals surface area contributed by atoms with Crippen LogP contribution < -0.4 is 0 Å². The van der Waals surface area contributed by atoms with Crippen molar-refractivity contribution in [3.8, 4) is 0 Å². The summed E-state index contributed by atoms with van der Waals surface area (Å²) in [6, 6.07) is 8.89. The van der Waals surface area contributed by atoms with E-state index in [4.69, 9.17) is 9.47 Å². The molecule has 1 saturated carbocycles. The smallest absolute Gasteiger partial charge is 0.315 e. The van der Waals surface area contributed by atoms with Crippen molar-refractivity contribution in [2.45, 2.75) is 38.7 Å². The van der Waals surface area contributed by atoms with Gasteiger partial charge in [0.25, 0.3) is 0 Å². The molecule has 7 heteroatoms. The van der Waals surface area contributed by atoms with Gasteiger partial charge in [0, 0.05) is 12.3 Å². The van der Waals surface area contributed by atoms with Crippen LogP contribution in [0.2, 0.25) is 0 Å². The summed E-state index contributed by atoms with van der Waals surface area (Å²) in [5, 5.41) is 23.7. The van der Waals surface area contributed by atoms with Gasteiger partial charge in [-0.15, -0.1) is 0 Å². The second kappa shape index (κ2) is 8.31. The van der Waals surface area contributed by atoms with E-state index in [0.717, 1.165) is 0 Å². The molecular weight excluding hydrogens is 338 g/mol. The van der Waals surface area contributed by atoms with Crippen LogP contribution in [0.5, 0.6) is 0 Å². The average molecular weight is 363 g/mol. The van der Waals surface area contributed by atoms with Crippen molar-refractivity contribution in [1.82, 2.24) is 0 Å². The molecular formula is C19H25NO6. The van der Waals surface area contributed by atoms with Gasteiger partial charge >= 0.3 is 11.9 Å². The number of nitrogens with zero attached hydrogens (tertiary/aromatic N) is 1. The van der Waals surface area contributed by atoms with Crippen LogP contribution in [-0.2, 0) is 19.1 Å². The van der Waals surface area contributed by atoms with E-state index in [2.05, 4.69) is 5.16 Å². The van der Waals surface area contributed by atoms with Crippen LogP contribution in [-0.4, -0.2) is 46.8 Å². The predicted molar refractivity (Wildman–Crippen MR) is 93.9 cm³/mol. The largest absolute Gasteiger partial charge is 0.466 e. The molecule has 0 spiro atoms. The van der Waals surface area contributed by atoms with Gasteiger partial charge in [-0.25, -0.2) is 0 Å². The topological polar surface area (TPSA) is 105 Å². The quantitative estimate of drug-likeness (QED) is 0.472. The predicted octanol–water partition coefficient (Wildman–Crippen LogP) is 2.11.